The molecule has 1 heterocycles. The van der Waals surface area contributed by atoms with Crippen LogP contribution in [0.2, 0.25) is 5.02 Å². The van der Waals surface area contributed by atoms with Gasteiger partial charge >= 0.3 is 0 Å². The van der Waals surface area contributed by atoms with Crippen LogP contribution in [0.4, 0.5) is 0 Å². The second-order valence-corrected chi connectivity index (χ2v) is 4.70. The second kappa shape index (κ2) is 4.85. The fraction of sp³-hybridized carbons (Fsp3) is 0.0833. The summed E-state index contributed by atoms with van der Waals surface area (Å²) < 4.78 is 6.49. The minimum absolute atomic E-state index is 0.597. The predicted octanol–water partition coefficient (Wildman–Crippen LogP) is 4.60. The molecule has 0 aliphatic rings. The van der Waals surface area contributed by atoms with Gasteiger partial charge < -0.3 is 4.74 Å². The molecule has 82 valence electrons. The lowest BCUT2D eigenvalue weighted by Gasteiger charge is -2.07. The van der Waals surface area contributed by atoms with Crippen LogP contribution in [0.5, 0.6) is 11.5 Å². The van der Waals surface area contributed by atoms with Crippen LogP contribution in [0.1, 0.15) is 5.56 Å². The summed E-state index contributed by atoms with van der Waals surface area (Å²) in [6, 6.07) is 7.50. The standard InChI is InChI=1S/C12H9BrClNO/c1-8-2-3-12(11(14)4-8)16-10-5-9(13)6-15-7-10/h2-7H,1H3. The van der Waals surface area contributed by atoms with Crippen LogP contribution in [0.3, 0.4) is 0 Å². The first-order valence-electron chi connectivity index (χ1n) is 4.70. The van der Waals surface area contributed by atoms with E-state index in [4.69, 9.17) is 16.3 Å². The van der Waals surface area contributed by atoms with Gasteiger partial charge in [-0.3, -0.25) is 4.98 Å². The number of pyridine rings is 1. The Bertz CT molecular complexity index is 516. The van der Waals surface area contributed by atoms with Gasteiger partial charge in [0.05, 0.1) is 11.2 Å². The minimum Gasteiger partial charge on any atom is -0.454 e. The van der Waals surface area contributed by atoms with Gasteiger partial charge in [-0.15, -0.1) is 0 Å². The molecule has 0 amide bonds. The van der Waals surface area contributed by atoms with Crippen molar-refractivity contribution in [2.45, 2.75) is 6.92 Å². The molecule has 2 aromatic rings. The van der Waals surface area contributed by atoms with Crippen molar-refractivity contribution < 1.29 is 4.74 Å². The Morgan fingerprint density at radius 2 is 2.06 bits per heavy atom. The van der Waals surface area contributed by atoms with Gasteiger partial charge in [-0.1, -0.05) is 17.7 Å². The zero-order valence-corrected chi connectivity index (χ0v) is 10.9. The summed E-state index contributed by atoms with van der Waals surface area (Å²) in [5, 5.41) is 0.597. The average molecular weight is 299 g/mol. The largest absolute Gasteiger partial charge is 0.454 e. The van der Waals surface area contributed by atoms with Gasteiger partial charge in [0.15, 0.2) is 0 Å². The molecule has 0 unspecified atom stereocenters. The van der Waals surface area contributed by atoms with Gasteiger partial charge in [-0.25, -0.2) is 0 Å². The molecule has 0 aliphatic carbocycles. The molecule has 0 saturated carbocycles. The minimum atomic E-state index is 0.597. The van der Waals surface area contributed by atoms with Crippen LogP contribution >= 0.6 is 27.5 Å². The quantitative estimate of drug-likeness (QED) is 0.808. The van der Waals surface area contributed by atoms with E-state index in [1.807, 2.05) is 31.2 Å². The molecule has 2 rings (SSSR count). The molecule has 0 fully saturated rings. The molecule has 1 aromatic carbocycles. The summed E-state index contributed by atoms with van der Waals surface area (Å²) in [6.07, 6.45) is 3.34. The number of hydrogen-bond acceptors (Lipinski definition) is 2. The predicted molar refractivity (Wildman–Crippen MR) is 68.2 cm³/mol. The highest BCUT2D eigenvalue weighted by molar-refractivity contribution is 9.10. The smallest absolute Gasteiger partial charge is 0.146 e. The Hall–Kier alpha value is -1.06. The lowest BCUT2D eigenvalue weighted by molar-refractivity contribution is 0.480. The van der Waals surface area contributed by atoms with Crippen molar-refractivity contribution in [2.75, 3.05) is 0 Å². The highest BCUT2D eigenvalue weighted by Gasteiger charge is 2.03. The maximum absolute atomic E-state index is 6.06. The van der Waals surface area contributed by atoms with Crippen LogP contribution in [0.15, 0.2) is 41.1 Å². The van der Waals surface area contributed by atoms with Crippen molar-refractivity contribution in [3.05, 3.63) is 51.7 Å². The summed E-state index contributed by atoms with van der Waals surface area (Å²) in [5.41, 5.74) is 1.10. The maximum atomic E-state index is 6.06. The van der Waals surface area contributed by atoms with E-state index in [2.05, 4.69) is 20.9 Å². The number of nitrogens with zero attached hydrogens (tertiary/aromatic N) is 1. The van der Waals surface area contributed by atoms with E-state index >= 15 is 0 Å². The number of benzene rings is 1. The van der Waals surface area contributed by atoms with Gasteiger partial charge in [0.25, 0.3) is 0 Å². The number of aryl methyl sites for hydroxylation is 1. The van der Waals surface area contributed by atoms with Crippen molar-refractivity contribution in [1.82, 2.24) is 4.98 Å². The monoisotopic (exact) mass is 297 g/mol. The van der Waals surface area contributed by atoms with E-state index in [9.17, 15) is 0 Å². The number of hydrogen-bond donors (Lipinski definition) is 0. The van der Waals surface area contributed by atoms with E-state index in [0.29, 0.717) is 16.5 Å². The van der Waals surface area contributed by atoms with Crippen LogP contribution in [-0.2, 0) is 0 Å². The zero-order chi connectivity index (χ0) is 11.5. The Morgan fingerprint density at radius 1 is 1.25 bits per heavy atom. The van der Waals surface area contributed by atoms with Crippen LogP contribution in [-0.4, -0.2) is 4.98 Å². The van der Waals surface area contributed by atoms with Gasteiger partial charge in [-0.2, -0.15) is 0 Å². The first-order chi connectivity index (χ1) is 7.65. The van der Waals surface area contributed by atoms with Gasteiger partial charge in [0.2, 0.25) is 0 Å². The average Bonchev–Trinajstić information content (AvgIpc) is 2.22. The number of aromatic nitrogens is 1. The van der Waals surface area contributed by atoms with Gasteiger partial charge in [-0.05, 0) is 46.6 Å². The molecule has 0 bridgehead atoms. The maximum Gasteiger partial charge on any atom is 0.146 e. The summed E-state index contributed by atoms with van der Waals surface area (Å²) in [5.74, 6) is 1.28. The molecule has 0 saturated heterocycles. The zero-order valence-electron chi connectivity index (χ0n) is 8.58. The Morgan fingerprint density at radius 3 is 2.75 bits per heavy atom. The Labute approximate surface area is 107 Å². The van der Waals surface area contributed by atoms with Crippen LogP contribution in [0, 0.1) is 6.92 Å². The first kappa shape index (κ1) is 11.4. The Kier molecular flexibility index (Phi) is 3.46. The highest BCUT2D eigenvalue weighted by atomic mass is 79.9. The molecule has 4 heteroatoms. The van der Waals surface area contributed by atoms with Gasteiger partial charge in [0, 0.05) is 10.7 Å². The third-order valence-corrected chi connectivity index (χ3v) is 2.72. The highest BCUT2D eigenvalue weighted by Crippen LogP contribution is 2.30. The molecule has 0 atom stereocenters. The van der Waals surface area contributed by atoms with Crippen molar-refractivity contribution in [1.29, 1.82) is 0 Å². The van der Waals surface area contributed by atoms with E-state index in [1.54, 1.807) is 12.4 Å². The van der Waals surface area contributed by atoms with Crippen molar-refractivity contribution in [2.24, 2.45) is 0 Å². The molecule has 1 aromatic heterocycles. The molecular formula is C12H9BrClNO. The number of halogens is 2. The van der Waals surface area contributed by atoms with Crippen molar-refractivity contribution >= 4 is 27.5 Å². The normalized spacial score (nSPS) is 10.2. The molecule has 0 radical (unpaired) electrons. The van der Waals surface area contributed by atoms with E-state index in [0.717, 1.165) is 10.0 Å². The van der Waals surface area contributed by atoms with Crippen LogP contribution in [0.25, 0.3) is 0 Å². The second-order valence-electron chi connectivity index (χ2n) is 3.37. The first-order valence-corrected chi connectivity index (χ1v) is 5.87. The number of rotatable bonds is 2. The lowest BCUT2D eigenvalue weighted by Crippen LogP contribution is -1.87. The fourth-order valence-corrected chi connectivity index (χ4v) is 1.88. The SMILES string of the molecule is Cc1ccc(Oc2cncc(Br)c2)c(Cl)c1. The molecule has 0 spiro atoms. The summed E-state index contributed by atoms with van der Waals surface area (Å²) in [6.45, 7) is 1.98. The summed E-state index contributed by atoms with van der Waals surface area (Å²) >= 11 is 9.39. The fourth-order valence-electron chi connectivity index (χ4n) is 1.26. The van der Waals surface area contributed by atoms with Crippen molar-refractivity contribution in [3.63, 3.8) is 0 Å². The molecule has 16 heavy (non-hydrogen) atoms. The number of ether oxygens (including phenoxy) is 1. The summed E-state index contributed by atoms with van der Waals surface area (Å²) in [7, 11) is 0. The van der Waals surface area contributed by atoms with Crippen LogP contribution < -0.4 is 4.74 Å². The molecular weight excluding hydrogens is 289 g/mol. The molecule has 0 aliphatic heterocycles. The van der Waals surface area contributed by atoms with E-state index in [1.165, 1.54) is 0 Å². The van der Waals surface area contributed by atoms with E-state index < -0.39 is 0 Å². The molecule has 0 N–H and O–H groups in total. The summed E-state index contributed by atoms with van der Waals surface area (Å²) in [4.78, 5) is 4.01. The van der Waals surface area contributed by atoms with Gasteiger partial charge in [0.1, 0.15) is 11.5 Å². The van der Waals surface area contributed by atoms with Crippen molar-refractivity contribution in [3.8, 4) is 11.5 Å². The third kappa shape index (κ3) is 2.74. The topological polar surface area (TPSA) is 22.1 Å². The lowest BCUT2D eigenvalue weighted by atomic mass is 10.2. The third-order valence-electron chi connectivity index (χ3n) is 1.99. The molecule has 2 nitrogen and oxygen atoms in total. The van der Waals surface area contributed by atoms with E-state index in [-0.39, 0.29) is 0 Å². The Balaban J connectivity index is 2.27.